The van der Waals surface area contributed by atoms with Gasteiger partial charge >= 0.3 is 0 Å². The van der Waals surface area contributed by atoms with E-state index in [0.29, 0.717) is 11.5 Å². The molecule has 0 aliphatic carbocycles. The van der Waals surface area contributed by atoms with Gasteiger partial charge in [0.05, 0.1) is 5.39 Å². The first-order valence-corrected chi connectivity index (χ1v) is 5.27. The highest BCUT2D eigenvalue weighted by molar-refractivity contribution is 5.99. The maximum atomic E-state index is 5.89. The molecule has 0 unspecified atom stereocenters. The molecule has 3 N–H and O–H groups in total. The van der Waals surface area contributed by atoms with E-state index >= 15 is 0 Å². The number of nitrogens with zero attached hydrogens (tertiary/aromatic N) is 3. The fourth-order valence-electron chi connectivity index (χ4n) is 1.92. The predicted octanol–water partition coefficient (Wildman–Crippen LogP) is 1.91. The number of nitrogens with two attached hydrogens (primary N) is 1. The Bertz CT molecular complexity index is 672. The topological polar surface area (TPSA) is 80.5 Å². The second-order valence-corrected chi connectivity index (χ2v) is 3.89. The first-order chi connectivity index (χ1) is 8.25. The summed E-state index contributed by atoms with van der Waals surface area (Å²) in [6.07, 6.45) is 3.55. The lowest BCUT2D eigenvalue weighted by molar-refractivity contribution is 1.09. The lowest BCUT2D eigenvalue weighted by Gasteiger charge is -2.04. The number of fused-ring (bicyclic) bond motifs is 1. The van der Waals surface area contributed by atoms with Gasteiger partial charge in [0.1, 0.15) is 5.82 Å². The van der Waals surface area contributed by atoms with Crippen LogP contribution in [0.3, 0.4) is 0 Å². The Hall–Kier alpha value is -2.43. The third kappa shape index (κ3) is 1.52. The third-order valence-electron chi connectivity index (χ3n) is 2.65. The SMILES string of the molecule is Cc1cc(-c2cccnc2)c2c(N)[nH]nc2n1. The molecular formula is C12H11N5. The zero-order valence-electron chi connectivity index (χ0n) is 9.31. The van der Waals surface area contributed by atoms with Gasteiger partial charge < -0.3 is 5.73 Å². The summed E-state index contributed by atoms with van der Waals surface area (Å²) in [5, 5.41) is 7.69. The molecule has 0 radical (unpaired) electrons. The first kappa shape index (κ1) is 9.77. The minimum absolute atomic E-state index is 0.534. The van der Waals surface area contributed by atoms with Crippen molar-refractivity contribution in [3.8, 4) is 11.1 Å². The van der Waals surface area contributed by atoms with Crippen molar-refractivity contribution in [3.63, 3.8) is 0 Å². The summed E-state index contributed by atoms with van der Waals surface area (Å²) in [5.41, 5.74) is 9.45. The summed E-state index contributed by atoms with van der Waals surface area (Å²) in [6, 6.07) is 5.88. The van der Waals surface area contributed by atoms with E-state index in [-0.39, 0.29) is 0 Å². The molecule has 0 saturated carbocycles. The molecule has 5 heteroatoms. The zero-order valence-corrected chi connectivity index (χ0v) is 9.31. The number of aromatic amines is 1. The number of nitrogens with one attached hydrogen (secondary N) is 1. The molecule has 0 atom stereocenters. The molecule has 0 bridgehead atoms. The summed E-state index contributed by atoms with van der Waals surface area (Å²) in [4.78, 5) is 8.46. The van der Waals surface area contributed by atoms with Crippen molar-refractivity contribution in [2.45, 2.75) is 6.92 Å². The molecule has 0 spiro atoms. The molecule has 0 saturated heterocycles. The Morgan fingerprint density at radius 1 is 1.35 bits per heavy atom. The van der Waals surface area contributed by atoms with E-state index < -0.39 is 0 Å². The van der Waals surface area contributed by atoms with E-state index in [0.717, 1.165) is 22.2 Å². The maximum absolute atomic E-state index is 5.89. The van der Waals surface area contributed by atoms with Crippen molar-refractivity contribution < 1.29 is 0 Å². The van der Waals surface area contributed by atoms with Crippen LogP contribution in [0.1, 0.15) is 5.69 Å². The minimum atomic E-state index is 0.534. The van der Waals surface area contributed by atoms with Crippen LogP contribution < -0.4 is 5.73 Å². The van der Waals surface area contributed by atoms with Gasteiger partial charge in [-0.3, -0.25) is 10.1 Å². The number of nitrogen functional groups attached to an aromatic ring is 1. The van der Waals surface area contributed by atoms with Gasteiger partial charge in [0.2, 0.25) is 0 Å². The Kier molecular flexibility index (Phi) is 2.04. The number of pyridine rings is 2. The number of aryl methyl sites for hydroxylation is 1. The summed E-state index contributed by atoms with van der Waals surface area (Å²) >= 11 is 0. The molecule has 0 amide bonds. The third-order valence-corrected chi connectivity index (χ3v) is 2.65. The fraction of sp³-hybridized carbons (Fsp3) is 0.0833. The lowest BCUT2D eigenvalue weighted by atomic mass is 10.0. The second kappa shape index (κ2) is 3.55. The summed E-state index contributed by atoms with van der Waals surface area (Å²) < 4.78 is 0. The van der Waals surface area contributed by atoms with E-state index in [1.807, 2.05) is 25.1 Å². The summed E-state index contributed by atoms with van der Waals surface area (Å²) in [5.74, 6) is 0.534. The van der Waals surface area contributed by atoms with Crippen molar-refractivity contribution in [2.24, 2.45) is 0 Å². The van der Waals surface area contributed by atoms with Crippen LogP contribution >= 0.6 is 0 Å². The highest BCUT2D eigenvalue weighted by Crippen LogP contribution is 2.30. The Balaban J connectivity index is 2.39. The van der Waals surface area contributed by atoms with E-state index in [2.05, 4.69) is 20.2 Å². The highest BCUT2D eigenvalue weighted by atomic mass is 15.2. The monoisotopic (exact) mass is 225 g/mol. The average molecular weight is 225 g/mol. The number of hydrogen-bond acceptors (Lipinski definition) is 4. The van der Waals surface area contributed by atoms with E-state index in [1.54, 1.807) is 12.4 Å². The van der Waals surface area contributed by atoms with Crippen LogP contribution in [0.2, 0.25) is 0 Å². The maximum Gasteiger partial charge on any atom is 0.183 e. The zero-order chi connectivity index (χ0) is 11.8. The second-order valence-electron chi connectivity index (χ2n) is 3.89. The summed E-state index contributed by atoms with van der Waals surface area (Å²) in [7, 11) is 0. The lowest BCUT2D eigenvalue weighted by Crippen LogP contribution is -1.90. The summed E-state index contributed by atoms with van der Waals surface area (Å²) in [6.45, 7) is 1.93. The van der Waals surface area contributed by atoms with Gasteiger partial charge in [-0.2, -0.15) is 5.10 Å². The predicted molar refractivity (Wildman–Crippen MR) is 66.3 cm³/mol. The van der Waals surface area contributed by atoms with Crippen LogP contribution in [-0.2, 0) is 0 Å². The molecule has 0 aliphatic rings. The minimum Gasteiger partial charge on any atom is -0.383 e. The average Bonchev–Trinajstić information content (AvgIpc) is 2.71. The molecule has 3 heterocycles. The Morgan fingerprint density at radius 2 is 2.24 bits per heavy atom. The number of anilines is 1. The van der Waals surface area contributed by atoms with E-state index in [1.165, 1.54) is 0 Å². The first-order valence-electron chi connectivity index (χ1n) is 5.27. The van der Waals surface area contributed by atoms with Gasteiger partial charge in [-0.05, 0) is 24.6 Å². The number of rotatable bonds is 1. The van der Waals surface area contributed by atoms with Gasteiger partial charge in [-0.15, -0.1) is 0 Å². The Labute approximate surface area is 97.7 Å². The van der Waals surface area contributed by atoms with Crippen molar-refractivity contribution in [1.82, 2.24) is 20.2 Å². The highest BCUT2D eigenvalue weighted by Gasteiger charge is 2.11. The van der Waals surface area contributed by atoms with Gasteiger partial charge in [-0.25, -0.2) is 4.98 Å². The van der Waals surface area contributed by atoms with Crippen LogP contribution in [0, 0.1) is 6.92 Å². The van der Waals surface area contributed by atoms with Gasteiger partial charge in [0.15, 0.2) is 5.65 Å². The largest absolute Gasteiger partial charge is 0.383 e. The molecule has 3 aromatic heterocycles. The molecule has 84 valence electrons. The molecular weight excluding hydrogens is 214 g/mol. The molecule has 17 heavy (non-hydrogen) atoms. The van der Waals surface area contributed by atoms with Crippen LogP contribution in [0.15, 0.2) is 30.6 Å². The quantitative estimate of drug-likeness (QED) is 0.663. The van der Waals surface area contributed by atoms with Crippen molar-refractivity contribution in [1.29, 1.82) is 0 Å². The van der Waals surface area contributed by atoms with Crippen LogP contribution in [0.5, 0.6) is 0 Å². The van der Waals surface area contributed by atoms with Crippen LogP contribution in [-0.4, -0.2) is 20.2 Å². The Morgan fingerprint density at radius 3 is 3.00 bits per heavy atom. The number of H-pyrrole nitrogens is 1. The van der Waals surface area contributed by atoms with Crippen molar-refractivity contribution >= 4 is 16.9 Å². The molecule has 5 nitrogen and oxygen atoms in total. The molecule has 0 fully saturated rings. The molecule has 0 aliphatic heterocycles. The van der Waals surface area contributed by atoms with E-state index in [9.17, 15) is 0 Å². The van der Waals surface area contributed by atoms with Crippen molar-refractivity contribution in [2.75, 3.05) is 5.73 Å². The normalized spacial score (nSPS) is 10.9. The molecule has 3 aromatic rings. The van der Waals surface area contributed by atoms with Gasteiger partial charge in [0.25, 0.3) is 0 Å². The van der Waals surface area contributed by atoms with Gasteiger partial charge in [0, 0.05) is 23.7 Å². The molecule has 3 rings (SSSR count). The van der Waals surface area contributed by atoms with Crippen LogP contribution in [0.25, 0.3) is 22.2 Å². The fourth-order valence-corrected chi connectivity index (χ4v) is 1.92. The number of aromatic nitrogens is 4. The molecule has 0 aromatic carbocycles. The standard InChI is InChI=1S/C12H11N5/c1-7-5-9(8-3-2-4-14-6-8)10-11(13)16-17-12(10)15-7/h2-6H,1H3,(H3,13,15,16,17). The number of hydrogen-bond donors (Lipinski definition) is 2. The van der Waals surface area contributed by atoms with Crippen molar-refractivity contribution in [3.05, 3.63) is 36.3 Å². The van der Waals surface area contributed by atoms with Gasteiger partial charge in [-0.1, -0.05) is 6.07 Å². The smallest absolute Gasteiger partial charge is 0.183 e. The van der Waals surface area contributed by atoms with Crippen LogP contribution in [0.4, 0.5) is 5.82 Å². The van der Waals surface area contributed by atoms with E-state index in [4.69, 9.17) is 5.73 Å².